The molecular weight excluding hydrogens is 276 g/mol. The van der Waals surface area contributed by atoms with Crippen LogP contribution in [0.25, 0.3) is 10.9 Å². The van der Waals surface area contributed by atoms with E-state index in [-0.39, 0.29) is 0 Å². The lowest BCUT2D eigenvalue weighted by atomic mass is 10.1. The van der Waals surface area contributed by atoms with Crippen LogP contribution in [-0.4, -0.2) is 27.2 Å². The summed E-state index contributed by atoms with van der Waals surface area (Å²) < 4.78 is 2.55. The van der Waals surface area contributed by atoms with E-state index in [1.807, 2.05) is 0 Å². The van der Waals surface area contributed by atoms with Gasteiger partial charge in [0, 0.05) is 10.9 Å². The third kappa shape index (κ3) is 3.62. The largest absolute Gasteiger partial charge is 0.375 e. The monoisotopic (exact) mass is 304 g/mol. The average molecular weight is 305 g/mol. The third-order valence-electron chi connectivity index (χ3n) is 3.57. The highest BCUT2D eigenvalue weighted by Gasteiger charge is 2.20. The van der Waals surface area contributed by atoms with E-state index < -0.39 is 16.5 Å². The maximum Gasteiger partial charge on any atom is 0.152 e. The average Bonchev–Trinajstić information content (AvgIpc) is 2.67. The zero-order valence-electron chi connectivity index (χ0n) is 13.7. The van der Waals surface area contributed by atoms with Crippen LogP contribution in [0.1, 0.15) is 5.56 Å². The number of para-hydroxylation sites is 1. The Kier molecular flexibility index (Phi) is 4.28. The second kappa shape index (κ2) is 5.50. The summed E-state index contributed by atoms with van der Waals surface area (Å²) >= 11 is 0. The number of hydrogen-bond acceptors (Lipinski definition) is 1. The van der Waals surface area contributed by atoms with E-state index in [1.165, 1.54) is 16.5 Å². The first-order valence-corrected chi connectivity index (χ1v) is 14.5. The van der Waals surface area contributed by atoms with Gasteiger partial charge < -0.3 is 9.22 Å². The highest BCUT2D eigenvalue weighted by atomic mass is 28.3. The first kappa shape index (κ1) is 15.5. The Hall–Kier alpha value is -0.846. The number of benzene rings is 1. The highest BCUT2D eigenvalue weighted by molar-refractivity contribution is 6.75. The van der Waals surface area contributed by atoms with Gasteiger partial charge in [-0.1, -0.05) is 57.5 Å². The van der Waals surface area contributed by atoms with Gasteiger partial charge in [0.15, 0.2) is 8.24 Å². The van der Waals surface area contributed by atoms with Crippen molar-refractivity contribution in [2.24, 2.45) is 0 Å². The number of rotatable bonds is 5. The Labute approximate surface area is 125 Å². The first-order chi connectivity index (χ1) is 9.18. The van der Waals surface area contributed by atoms with Gasteiger partial charge in [0.25, 0.3) is 0 Å². The molecule has 2 rings (SSSR count). The Bertz CT molecular complexity index is 589. The number of fused-ring (bicyclic) bond motifs is 1. The second-order valence-electron chi connectivity index (χ2n) is 7.64. The van der Waals surface area contributed by atoms with Gasteiger partial charge in [-0.2, -0.15) is 0 Å². The molecule has 1 N–H and O–H groups in total. The Morgan fingerprint density at radius 2 is 1.65 bits per heavy atom. The molecule has 0 atom stereocenters. The number of hydrogen-bond donors (Lipinski definition) is 1. The molecule has 2 nitrogen and oxygen atoms in total. The maximum absolute atomic E-state index is 3.72. The highest BCUT2D eigenvalue weighted by Crippen LogP contribution is 2.25. The molecule has 0 saturated carbocycles. The van der Waals surface area contributed by atoms with Crippen molar-refractivity contribution in [2.75, 3.05) is 6.54 Å². The van der Waals surface area contributed by atoms with Gasteiger partial charge in [-0.05, 0) is 30.8 Å². The zero-order chi connectivity index (χ0) is 15.0. The van der Waals surface area contributed by atoms with E-state index in [9.17, 15) is 0 Å². The van der Waals surface area contributed by atoms with Gasteiger partial charge in [-0.15, -0.1) is 0 Å². The van der Waals surface area contributed by atoms with E-state index in [0.717, 1.165) is 13.0 Å². The molecule has 1 aromatic carbocycles. The van der Waals surface area contributed by atoms with Crippen LogP contribution in [0.4, 0.5) is 0 Å². The molecule has 4 heteroatoms. The van der Waals surface area contributed by atoms with Crippen LogP contribution in [-0.2, 0) is 6.42 Å². The molecular formula is C16H28N2Si2. The minimum Gasteiger partial charge on any atom is -0.375 e. The smallest absolute Gasteiger partial charge is 0.152 e. The van der Waals surface area contributed by atoms with E-state index in [2.05, 4.69) is 79.0 Å². The second-order valence-corrected chi connectivity index (χ2v) is 17.3. The van der Waals surface area contributed by atoms with Gasteiger partial charge in [-0.25, -0.2) is 0 Å². The Morgan fingerprint density at radius 1 is 1.00 bits per heavy atom. The minimum atomic E-state index is -1.35. The summed E-state index contributed by atoms with van der Waals surface area (Å²) in [5, 5.41) is 1.44. The van der Waals surface area contributed by atoms with Crippen molar-refractivity contribution in [3.63, 3.8) is 0 Å². The molecule has 0 bridgehead atoms. The summed E-state index contributed by atoms with van der Waals surface area (Å²) in [7, 11) is -2.50. The van der Waals surface area contributed by atoms with Crippen molar-refractivity contribution in [1.29, 1.82) is 0 Å². The third-order valence-corrected chi connectivity index (χ3v) is 6.69. The van der Waals surface area contributed by atoms with Gasteiger partial charge in [0.05, 0.1) is 0 Å². The molecule has 0 radical (unpaired) electrons. The number of nitrogens with zero attached hydrogens (tertiary/aromatic N) is 1. The predicted molar refractivity (Wildman–Crippen MR) is 95.7 cm³/mol. The standard InChI is InChI=1S/C16H28N2Si2/c1-19(2,3)17-12-11-14-13-18(20(4,5)6)16-10-8-7-9-15(14)16/h7-10,13,17H,11-12H2,1-6H3. The van der Waals surface area contributed by atoms with Crippen molar-refractivity contribution in [2.45, 2.75) is 45.7 Å². The lowest BCUT2D eigenvalue weighted by Crippen LogP contribution is -2.42. The molecule has 2 aromatic rings. The fraction of sp³-hybridized carbons (Fsp3) is 0.500. The number of aromatic nitrogens is 1. The maximum atomic E-state index is 3.72. The molecule has 1 heterocycles. The quantitative estimate of drug-likeness (QED) is 0.815. The fourth-order valence-electron chi connectivity index (χ4n) is 2.58. The van der Waals surface area contributed by atoms with Crippen LogP contribution in [0.2, 0.25) is 39.3 Å². The summed E-state index contributed by atoms with van der Waals surface area (Å²) in [6.45, 7) is 15.4. The molecule has 110 valence electrons. The normalized spacial score (nSPS) is 13.1. The fourth-order valence-corrected chi connectivity index (χ4v) is 4.91. The molecule has 1 aromatic heterocycles. The Balaban J connectivity index is 2.30. The van der Waals surface area contributed by atoms with Gasteiger partial charge >= 0.3 is 0 Å². The van der Waals surface area contributed by atoms with Crippen molar-refractivity contribution in [1.82, 2.24) is 9.22 Å². The molecule has 20 heavy (non-hydrogen) atoms. The van der Waals surface area contributed by atoms with Crippen molar-refractivity contribution < 1.29 is 0 Å². The lowest BCUT2D eigenvalue weighted by molar-refractivity contribution is 0.869. The van der Waals surface area contributed by atoms with E-state index >= 15 is 0 Å². The van der Waals surface area contributed by atoms with Crippen LogP contribution >= 0.6 is 0 Å². The van der Waals surface area contributed by atoms with Crippen LogP contribution in [0, 0.1) is 0 Å². The van der Waals surface area contributed by atoms with Crippen molar-refractivity contribution in [3.8, 4) is 0 Å². The van der Waals surface area contributed by atoms with Gasteiger partial charge in [0.1, 0.15) is 8.24 Å². The van der Waals surface area contributed by atoms with Crippen LogP contribution in [0.5, 0.6) is 0 Å². The first-order valence-electron chi connectivity index (χ1n) is 7.53. The lowest BCUT2D eigenvalue weighted by Gasteiger charge is -2.20. The van der Waals surface area contributed by atoms with Crippen molar-refractivity contribution in [3.05, 3.63) is 36.0 Å². The minimum absolute atomic E-state index is 1.09. The summed E-state index contributed by atoms with van der Waals surface area (Å²) in [5.74, 6) is 0. The molecule has 0 aliphatic rings. The van der Waals surface area contributed by atoms with Gasteiger partial charge in [0.2, 0.25) is 0 Å². The molecule has 0 amide bonds. The molecule has 0 unspecified atom stereocenters. The van der Waals surface area contributed by atoms with Gasteiger partial charge in [-0.3, -0.25) is 0 Å². The van der Waals surface area contributed by atoms with E-state index in [1.54, 1.807) is 0 Å². The zero-order valence-corrected chi connectivity index (χ0v) is 15.7. The molecule has 0 saturated heterocycles. The number of nitrogens with one attached hydrogen (secondary N) is 1. The molecule has 0 spiro atoms. The van der Waals surface area contributed by atoms with E-state index in [4.69, 9.17) is 0 Å². The van der Waals surface area contributed by atoms with Crippen molar-refractivity contribution >= 4 is 27.4 Å². The Morgan fingerprint density at radius 3 is 2.25 bits per heavy atom. The molecule has 0 aliphatic heterocycles. The van der Waals surface area contributed by atoms with Crippen LogP contribution < -0.4 is 4.98 Å². The SMILES string of the molecule is C[Si](C)(C)NCCc1cn([Si](C)(C)C)c2ccccc12. The van der Waals surface area contributed by atoms with E-state index in [0.29, 0.717) is 0 Å². The summed E-state index contributed by atoms with van der Waals surface area (Å²) in [6.07, 6.45) is 3.53. The molecule has 0 aliphatic carbocycles. The summed E-state index contributed by atoms with van der Waals surface area (Å²) in [4.78, 5) is 3.72. The summed E-state index contributed by atoms with van der Waals surface area (Å²) in [6, 6.07) is 8.86. The predicted octanol–water partition coefficient (Wildman–Crippen LogP) is 4.29. The van der Waals surface area contributed by atoms with Crippen LogP contribution in [0.15, 0.2) is 30.5 Å². The molecule has 0 fully saturated rings. The summed E-state index contributed by atoms with van der Waals surface area (Å²) in [5.41, 5.74) is 2.91. The van der Waals surface area contributed by atoms with Crippen LogP contribution in [0.3, 0.4) is 0 Å². The topological polar surface area (TPSA) is 17.0 Å².